The van der Waals surface area contributed by atoms with E-state index in [0.717, 1.165) is 18.4 Å². The van der Waals surface area contributed by atoms with E-state index in [2.05, 4.69) is 10.3 Å². The normalized spacial score (nSPS) is 24.3. The predicted octanol–water partition coefficient (Wildman–Crippen LogP) is 1.15. The van der Waals surface area contributed by atoms with Crippen LogP contribution in [-0.2, 0) is 11.8 Å². The van der Waals surface area contributed by atoms with E-state index in [4.69, 9.17) is 0 Å². The number of hydrogen-bond donors (Lipinski definition) is 1. The second-order valence-electron chi connectivity index (χ2n) is 6.57. The van der Waals surface area contributed by atoms with Crippen molar-refractivity contribution in [3.05, 3.63) is 23.8 Å². The molecule has 1 aromatic carbocycles. The number of hydrogen-bond acceptors (Lipinski definition) is 4. The molecule has 7 nitrogen and oxygen atoms in total. The molecular formula is C16H18N4O3. The van der Waals surface area contributed by atoms with Gasteiger partial charge in [-0.2, -0.15) is 0 Å². The number of aliphatic carboxylic acids is 1. The smallest absolute Gasteiger partial charge is 0.308 e. The molecule has 0 radical (unpaired) electrons. The fraction of sp³-hybridized carbons (Fsp3) is 0.500. The van der Waals surface area contributed by atoms with Crippen molar-refractivity contribution in [1.82, 2.24) is 19.9 Å². The zero-order valence-electron chi connectivity index (χ0n) is 12.8. The minimum atomic E-state index is -0.790. The highest BCUT2D eigenvalue weighted by atomic mass is 16.4. The van der Waals surface area contributed by atoms with Gasteiger partial charge in [0.1, 0.15) is 5.52 Å². The number of aryl methyl sites for hydroxylation is 1. The average molecular weight is 314 g/mol. The van der Waals surface area contributed by atoms with Crippen molar-refractivity contribution in [2.45, 2.75) is 12.8 Å². The Bertz CT molecular complexity index is 796. The number of rotatable bonds is 3. The molecule has 1 aromatic heterocycles. The van der Waals surface area contributed by atoms with Crippen LogP contribution in [-0.4, -0.2) is 50.0 Å². The molecule has 2 atom stereocenters. The van der Waals surface area contributed by atoms with Crippen LogP contribution in [0.4, 0.5) is 0 Å². The number of aromatic nitrogens is 3. The van der Waals surface area contributed by atoms with Crippen molar-refractivity contribution in [1.29, 1.82) is 0 Å². The van der Waals surface area contributed by atoms with Crippen molar-refractivity contribution < 1.29 is 14.7 Å². The standard InChI is InChI=1S/C16H18N4O3/c1-19-14-5-4-10(6-13(14)17-18-19)15(21)20-7-11(9-2-3-9)12(8-20)16(22)23/h4-6,9,11-12H,2-3,7-8H2,1H3,(H,22,23)/t11-,12+/m1/s1. The highest BCUT2D eigenvalue weighted by Crippen LogP contribution is 2.44. The van der Waals surface area contributed by atoms with E-state index in [1.54, 1.807) is 28.8 Å². The van der Waals surface area contributed by atoms with E-state index in [9.17, 15) is 14.7 Å². The molecule has 0 spiro atoms. The Morgan fingerprint density at radius 3 is 2.74 bits per heavy atom. The van der Waals surface area contributed by atoms with E-state index in [1.807, 2.05) is 6.07 Å². The summed E-state index contributed by atoms with van der Waals surface area (Å²) >= 11 is 0. The molecular weight excluding hydrogens is 296 g/mol. The third kappa shape index (κ3) is 2.36. The lowest BCUT2D eigenvalue weighted by Crippen LogP contribution is -2.29. The van der Waals surface area contributed by atoms with Gasteiger partial charge in [0.05, 0.1) is 11.4 Å². The topological polar surface area (TPSA) is 88.3 Å². The lowest BCUT2D eigenvalue weighted by atomic mass is 9.92. The number of nitrogens with zero attached hydrogens (tertiary/aromatic N) is 4. The Morgan fingerprint density at radius 2 is 2.04 bits per heavy atom. The summed E-state index contributed by atoms with van der Waals surface area (Å²) in [6.45, 7) is 0.840. The number of benzene rings is 1. The van der Waals surface area contributed by atoms with E-state index in [0.29, 0.717) is 30.1 Å². The number of carbonyl (C=O) groups excluding carboxylic acids is 1. The summed E-state index contributed by atoms with van der Waals surface area (Å²) in [4.78, 5) is 25.9. The number of carboxylic acid groups (broad SMARTS) is 1. The first-order valence-corrected chi connectivity index (χ1v) is 7.86. The van der Waals surface area contributed by atoms with Crippen LogP contribution >= 0.6 is 0 Å². The van der Waals surface area contributed by atoms with Gasteiger partial charge in [0.25, 0.3) is 5.91 Å². The van der Waals surface area contributed by atoms with Crippen molar-refractivity contribution in [3.8, 4) is 0 Å². The van der Waals surface area contributed by atoms with E-state index in [-0.39, 0.29) is 11.8 Å². The molecule has 1 saturated heterocycles. The summed E-state index contributed by atoms with van der Waals surface area (Å²) in [6, 6.07) is 5.31. The fourth-order valence-electron chi connectivity index (χ4n) is 3.61. The molecule has 2 fully saturated rings. The molecule has 1 aliphatic carbocycles. The van der Waals surface area contributed by atoms with Gasteiger partial charge >= 0.3 is 5.97 Å². The Hall–Kier alpha value is -2.44. The molecule has 2 aromatic rings. The van der Waals surface area contributed by atoms with Crippen LogP contribution in [0, 0.1) is 17.8 Å². The molecule has 1 saturated carbocycles. The first kappa shape index (κ1) is 14.2. The van der Waals surface area contributed by atoms with Crippen LogP contribution in [0.5, 0.6) is 0 Å². The summed E-state index contributed by atoms with van der Waals surface area (Å²) < 4.78 is 1.66. The number of carbonyl (C=O) groups is 2. The molecule has 7 heteroatoms. The largest absolute Gasteiger partial charge is 0.481 e. The van der Waals surface area contributed by atoms with E-state index >= 15 is 0 Å². The second-order valence-corrected chi connectivity index (χ2v) is 6.57. The van der Waals surface area contributed by atoms with Crippen molar-refractivity contribution in [3.63, 3.8) is 0 Å². The van der Waals surface area contributed by atoms with Gasteiger partial charge in [0, 0.05) is 25.7 Å². The molecule has 23 heavy (non-hydrogen) atoms. The van der Waals surface area contributed by atoms with Crippen LogP contribution in [0.25, 0.3) is 11.0 Å². The van der Waals surface area contributed by atoms with Crippen LogP contribution in [0.15, 0.2) is 18.2 Å². The summed E-state index contributed by atoms with van der Waals surface area (Å²) in [7, 11) is 1.80. The highest BCUT2D eigenvalue weighted by Gasteiger charge is 2.46. The van der Waals surface area contributed by atoms with Crippen molar-refractivity contribution >= 4 is 22.9 Å². The van der Waals surface area contributed by atoms with Gasteiger partial charge < -0.3 is 10.0 Å². The first-order chi connectivity index (χ1) is 11.0. The van der Waals surface area contributed by atoms with Crippen LogP contribution in [0.2, 0.25) is 0 Å². The Labute approximate surface area is 132 Å². The van der Waals surface area contributed by atoms with Gasteiger partial charge in [0.2, 0.25) is 0 Å². The SMILES string of the molecule is Cn1nnc2cc(C(=O)N3C[C@H](C(=O)O)[C@@H](C4CC4)C3)ccc21. The summed E-state index contributed by atoms with van der Waals surface area (Å²) in [5, 5.41) is 17.4. The molecule has 1 N–H and O–H groups in total. The Balaban J connectivity index is 1.59. The number of fused-ring (bicyclic) bond motifs is 1. The van der Waals surface area contributed by atoms with Gasteiger partial charge in [-0.3, -0.25) is 9.59 Å². The van der Waals surface area contributed by atoms with Gasteiger partial charge in [0.15, 0.2) is 0 Å². The Morgan fingerprint density at radius 1 is 1.26 bits per heavy atom. The highest BCUT2D eigenvalue weighted by molar-refractivity contribution is 5.97. The second kappa shape index (κ2) is 5.04. The van der Waals surface area contributed by atoms with Gasteiger partial charge in [-0.05, 0) is 42.9 Å². The maximum Gasteiger partial charge on any atom is 0.308 e. The molecule has 120 valence electrons. The molecule has 1 aliphatic heterocycles. The summed E-state index contributed by atoms with van der Waals surface area (Å²) in [5.74, 6) is -0.784. The zero-order valence-corrected chi connectivity index (χ0v) is 12.8. The lowest BCUT2D eigenvalue weighted by molar-refractivity contribution is -0.142. The molecule has 2 aliphatic rings. The van der Waals surface area contributed by atoms with Gasteiger partial charge in [-0.1, -0.05) is 5.21 Å². The minimum absolute atomic E-state index is 0.0942. The predicted molar refractivity (Wildman–Crippen MR) is 81.8 cm³/mol. The molecule has 0 unspecified atom stereocenters. The fourth-order valence-corrected chi connectivity index (χ4v) is 3.61. The third-order valence-electron chi connectivity index (χ3n) is 5.05. The molecule has 0 bridgehead atoms. The quantitative estimate of drug-likeness (QED) is 0.918. The average Bonchev–Trinajstić information content (AvgIpc) is 3.18. The van der Waals surface area contributed by atoms with E-state index < -0.39 is 11.9 Å². The monoisotopic (exact) mass is 314 g/mol. The maximum atomic E-state index is 12.7. The van der Waals surface area contributed by atoms with Gasteiger partial charge in [-0.15, -0.1) is 5.10 Å². The van der Waals surface area contributed by atoms with Crippen LogP contribution < -0.4 is 0 Å². The minimum Gasteiger partial charge on any atom is -0.481 e. The van der Waals surface area contributed by atoms with Crippen LogP contribution in [0.3, 0.4) is 0 Å². The zero-order chi connectivity index (χ0) is 16.1. The molecule has 1 amide bonds. The summed E-state index contributed by atoms with van der Waals surface area (Å²) in [5.41, 5.74) is 2.08. The van der Waals surface area contributed by atoms with Crippen molar-refractivity contribution in [2.24, 2.45) is 24.8 Å². The molecule has 2 heterocycles. The van der Waals surface area contributed by atoms with E-state index in [1.165, 1.54) is 0 Å². The number of carboxylic acids is 1. The Kier molecular flexibility index (Phi) is 3.11. The lowest BCUT2D eigenvalue weighted by Gasteiger charge is -2.16. The first-order valence-electron chi connectivity index (χ1n) is 7.86. The summed E-state index contributed by atoms with van der Waals surface area (Å²) in [6.07, 6.45) is 2.17. The number of amides is 1. The van der Waals surface area contributed by atoms with Gasteiger partial charge in [-0.25, -0.2) is 4.68 Å². The third-order valence-corrected chi connectivity index (χ3v) is 5.05. The van der Waals surface area contributed by atoms with Crippen molar-refractivity contribution in [2.75, 3.05) is 13.1 Å². The molecule has 4 rings (SSSR count). The number of likely N-dealkylation sites (tertiary alicyclic amines) is 1. The maximum absolute atomic E-state index is 12.7. The van der Waals surface area contributed by atoms with Crippen LogP contribution in [0.1, 0.15) is 23.2 Å².